The first-order valence-electron chi connectivity index (χ1n) is 6.84. The second-order valence-electron chi connectivity index (χ2n) is 4.95. The first kappa shape index (κ1) is 13.8. The molecule has 1 aromatic carbocycles. The Kier molecular flexibility index (Phi) is 5.39. The van der Waals surface area contributed by atoms with Crippen LogP contribution in [0.5, 0.6) is 5.75 Å². The van der Waals surface area contributed by atoms with E-state index in [9.17, 15) is 0 Å². The highest BCUT2D eigenvalue weighted by Crippen LogP contribution is 2.31. The molecule has 0 saturated carbocycles. The van der Waals surface area contributed by atoms with Crippen LogP contribution < -0.4 is 10.5 Å². The maximum atomic E-state index is 6.20. The Bertz CT molecular complexity index is 363. The van der Waals surface area contributed by atoms with Crippen LogP contribution in [0.4, 0.5) is 0 Å². The number of hydrogen-bond acceptors (Lipinski definition) is 3. The second kappa shape index (κ2) is 7.05. The van der Waals surface area contributed by atoms with Crippen molar-refractivity contribution in [1.82, 2.24) is 0 Å². The van der Waals surface area contributed by atoms with Gasteiger partial charge in [-0.05, 0) is 54.9 Å². The Balaban J connectivity index is 2.06. The number of rotatable bonds is 5. The van der Waals surface area contributed by atoms with E-state index in [0.29, 0.717) is 12.0 Å². The van der Waals surface area contributed by atoms with Crippen molar-refractivity contribution in [3.63, 3.8) is 0 Å². The third-order valence-corrected chi connectivity index (χ3v) is 4.56. The summed E-state index contributed by atoms with van der Waals surface area (Å²) in [5.41, 5.74) is 6.96. The molecule has 1 unspecified atom stereocenters. The van der Waals surface area contributed by atoms with E-state index in [4.69, 9.17) is 10.5 Å². The zero-order valence-electron chi connectivity index (χ0n) is 11.1. The van der Waals surface area contributed by atoms with Gasteiger partial charge in [0.2, 0.25) is 0 Å². The Morgan fingerprint density at radius 2 is 2.06 bits per heavy atom. The molecule has 0 spiro atoms. The molecule has 100 valence electrons. The van der Waals surface area contributed by atoms with Gasteiger partial charge in [-0.2, -0.15) is 11.8 Å². The first-order chi connectivity index (χ1) is 8.81. The van der Waals surface area contributed by atoms with Gasteiger partial charge in [0.25, 0.3) is 0 Å². The summed E-state index contributed by atoms with van der Waals surface area (Å²) in [4.78, 5) is 0. The van der Waals surface area contributed by atoms with Gasteiger partial charge >= 0.3 is 0 Å². The van der Waals surface area contributed by atoms with Crippen LogP contribution in [0, 0.1) is 0 Å². The average Bonchev–Trinajstić information content (AvgIpc) is 2.41. The van der Waals surface area contributed by atoms with Gasteiger partial charge in [0, 0.05) is 0 Å². The summed E-state index contributed by atoms with van der Waals surface area (Å²) in [6.07, 6.45) is 3.76. The van der Waals surface area contributed by atoms with E-state index >= 15 is 0 Å². The van der Waals surface area contributed by atoms with E-state index in [1.165, 1.54) is 29.9 Å². The lowest BCUT2D eigenvalue weighted by atomic mass is 9.97. The van der Waals surface area contributed by atoms with E-state index in [1.54, 1.807) is 0 Å². The van der Waals surface area contributed by atoms with Gasteiger partial charge in [0.05, 0.1) is 0 Å². The summed E-state index contributed by atoms with van der Waals surface area (Å²) < 4.78 is 6.20. The zero-order valence-corrected chi connectivity index (χ0v) is 11.9. The van der Waals surface area contributed by atoms with Gasteiger partial charge in [-0.1, -0.05) is 25.1 Å². The number of para-hydroxylation sites is 1. The quantitative estimate of drug-likeness (QED) is 0.886. The molecule has 2 N–H and O–H groups in total. The SMILES string of the molecule is CC(CCN)c1ccccc1OC1CCSCC1. The minimum atomic E-state index is 0.400. The van der Waals surface area contributed by atoms with Crippen LogP contribution in [0.25, 0.3) is 0 Å². The maximum Gasteiger partial charge on any atom is 0.123 e. The smallest absolute Gasteiger partial charge is 0.123 e. The molecule has 1 aliphatic heterocycles. The molecular formula is C15H23NOS. The topological polar surface area (TPSA) is 35.2 Å². The molecule has 3 heteroatoms. The highest BCUT2D eigenvalue weighted by atomic mass is 32.2. The Morgan fingerprint density at radius 1 is 1.33 bits per heavy atom. The van der Waals surface area contributed by atoms with Crippen molar-refractivity contribution in [2.75, 3.05) is 18.1 Å². The van der Waals surface area contributed by atoms with Gasteiger partial charge < -0.3 is 10.5 Å². The van der Waals surface area contributed by atoms with Crippen LogP contribution in [-0.2, 0) is 0 Å². The Labute approximate surface area is 114 Å². The molecule has 0 aliphatic carbocycles. The van der Waals surface area contributed by atoms with Gasteiger partial charge in [-0.25, -0.2) is 0 Å². The van der Waals surface area contributed by atoms with Gasteiger partial charge in [0.15, 0.2) is 0 Å². The van der Waals surface area contributed by atoms with Crippen LogP contribution >= 0.6 is 11.8 Å². The molecule has 1 aromatic rings. The number of thioether (sulfide) groups is 1. The fourth-order valence-corrected chi connectivity index (χ4v) is 3.44. The molecule has 1 fully saturated rings. The number of benzene rings is 1. The minimum absolute atomic E-state index is 0.400. The molecule has 0 radical (unpaired) electrons. The normalized spacial score (nSPS) is 18.6. The first-order valence-corrected chi connectivity index (χ1v) is 8.00. The van der Waals surface area contributed by atoms with Crippen LogP contribution in [0.15, 0.2) is 24.3 Å². The lowest BCUT2D eigenvalue weighted by Crippen LogP contribution is -2.22. The molecule has 2 rings (SSSR count). The molecule has 1 atom stereocenters. The average molecular weight is 265 g/mol. The molecule has 0 aromatic heterocycles. The third kappa shape index (κ3) is 3.66. The fraction of sp³-hybridized carbons (Fsp3) is 0.600. The van der Waals surface area contributed by atoms with Crippen LogP contribution in [0.2, 0.25) is 0 Å². The van der Waals surface area contributed by atoms with Gasteiger partial charge in [-0.3, -0.25) is 0 Å². The van der Waals surface area contributed by atoms with Crippen molar-refractivity contribution in [3.8, 4) is 5.75 Å². The Morgan fingerprint density at radius 3 is 2.78 bits per heavy atom. The summed E-state index contributed by atoms with van der Waals surface area (Å²) >= 11 is 2.03. The monoisotopic (exact) mass is 265 g/mol. The molecule has 1 saturated heterocycles. The van der Waals surface area contributed by atoms with Crippen molar-refractivity contribution >= 4 is 11.8 Å². The van der Waals surface area contributed by atoms with E-state index < -0.39 is 0 Å². The van der Waals surface area contributed by atoms with Crippen LogP contribution in [0.3, 0.4) is 0 Å². The number of ether oxygens (including phenoxy) is 1. The van der Waals surface area contributed by atoms with Crippen molar-refractivity contribution < 1.29 is 4.74 Å². The summed E-state index contributed by atoms with van der Waals surface area (Å²) in [6, 6.07) is 8.43. The minimum Gasteiger partial charge on any atom is -0.490 e. The molecule has 2 nitrogen and oxygen atoms in total. The lowest BCUT2D eigenvalue weighted by Gasteiger charge is -2.25. The Hall–Kier alpha value is -0.670. The molecule has 1 aliphatic rings. The third-order valence-electron chi connectivity index (χ3n) is 3.51. The highest BCUT2D eigenvalue weighted by molar-refractivity contribution is 7.99. The second-order valence-corrected chi connectivity index (χ2v) is 6.17. The highest BCUT2D eigenvalue weighted by Gasteiger charge is 2.18. The van der Waals surface area contributed by atoms with Gasteiger partial charge in [0.1, 0.15) is 11.9 Å². The zero-order chi connectivity index (χ0) is 12.8. The van der Waals surface area contributed by atoms with Crippen LogP contribution in [0.1, 0.15) is 37.7 Å². The summed E-state index contributed by atoms with van der Waals surface area (Å²) in [5.74, 6) is 4.00. The van der Waals surface area contributed by atoms with Gasteiger partial charge in [-0.15, -0.1) is 0 Å². The van der Waals surface area contributed by atoms with E-state index in [2.05, 4.69) is 31.2 Å². The fourth-order valence-electron chi connectivity index (χ4n) is 2.37. The van der Waals surface area contributed by atoms with Crippen molar-refractivity contribution in [1.29, 1.82) is 0 Å². The van der Waals surface area contributed by atoms with E-state index in [-0.39, 0.29) is 0 Å². The van der Waals surface area contributed by atoms with E-state index in [1.807, 2.05) is 11.8 Å². The molecule has 0 amide bonds. The number of nitrogens with two attached hydrogens (primary N) is 1. The predicted molar refractivity (Wildman–Crippen MR) is 79.5 cm³/mol. The van der Waals surface area contributed by atoms with Crippen molar-refractivity contribution in [2.45, 2.75) is 38.2 Å². The summed E-state index contributed by atoms with van der Waals surface area (Å²) in [7, 11) is 0. The molecule has 1 heterocycles. The largest absolute Gasteiger partial charge is 0.490 e. The molecule has 0 bridgehead atoms. The lowest BCUT2D eigenvalue weighted by molar-refractivity contribution is 0.189. The summed E-state index contributed by atoms with van der Waals surface area (Å²) in [5, 5.41) is 0. The maximum absolute atomic E-state index is 6.20. The summed E-state index contributed by atoms with van der Waals surface area (Å²) in [6.45, 7) is 2.96. The van der Waals surface area contributed by atoms with Crippen molar-refractivity contribution in [3.05, 3.63) is 29.8 Å². The molecular weight excluding hydrogens is 242 g/mol. The number of hydrogen-bond donors (Lipinski definition) is 1. The van der Waals surface area contributed by atoms with E-state index in [0.717, 1.165) is 18.7 Å². The predicted octanol–water partition coefficient (Wildman–Crippen LogP) is 3.41. The standard InChI is InChI=1S/C15H23NOS/c1-12(6-9-16)14-4-2-3-5-15(14)17-13-7-10-18-11-8-13/h2-5,12-13H,6-11,16H2,1H3. The molecule has 18 heavy (non-hydrogen) atoms. The van der Waals surface area contributed by atoms with Crippen LogP contribution in [-0.4, -0.2) is 24.2 Å². The van der Waals surface area contributed by atoms with Crippen molar-refractivity contribution in [2.24, 2.45) is 5.73 Å².